The summed E-state index contributed by atoms with van der Waals surface area (Å²) in [6.45, 7) is 13.6. The average Bonchev–Trinajstić information content (AvgIpc) is 2.71. The monoisotopic (exact) mass is 366 g/mol. The number of carbonyl (C=O) groups excluding carboxylic acids is 1. The zero-order valence-electron chi connectivity index (χ0n) is 16.9. The van der Waals surface area contributed by atoms with Crippen LogP contribution in [0.4, 0.5) is 11.4 Å². The van der Waals surface area contributed by atoms with Gasteiger partial charge < -0.3 is 14.7 Å². The van der Waals surface area contributed by atoms with Crippen molar-refractivity contribution >= 4 is 17.3 Å². The Balaban J connectivity index is 1.64. The maximum atomic E-state index is 12.8. The first-order valence-corrected chi connectivity index (χ1v) is 9.86. The number of nitrogens with zero attached hydrogens (tertiary/aromatic N) is 4. The van der Waals surface area contributed by atoms with Crippen LogP contribution in [0.1, 0.15) is 35.5 Å². The van der Waals surface area contributed by atoms with Crippen molar-refractivity contribution in [3.8, 4) is 0 Å². The maximum Gasteiger partial charge on any atom is 0.272 e. The van der Waals surface area contributed by atoms with Crippen molar-refractivity contribution in [1.29, 1.82) is 0 Å². The number of piperazine rings is 1. The summed E-state index contributed by atoms with van der Waals surface area (Å²) in [4.78, 5) is 23.8. The minimum Gasteiger partial charge on any atom is -0.371 e. The van der Waals surface area contributed by atoms with Gasteiger partial charge >= 0.3 is 0 Å². The van der Waals surface area contributed by atoms with Crippen molar-refractivity contribution in [1.82, 2.24) is 9.88 Å². The number of hydrogen-bond donors (Lipinski definition) is 0. The molecule has 0 aliphatic carbocycles. The molecule has 2 heterocycles. The van der Waals surface area contributed by atoms with Gasteiger partial charge in [0.1, 0.15) is 5.69 Å². The van der Waals surface area contributed by atoms with Crippen LogP contribution >= 0.6 is 0 Å². The van der Waals surface area contributed by atoms with E-state index in [2.05, 4.69) is 60.7 Å². The van der Waals surface area contributed by atoms with E-state index in [0.717, 1.165) is 45.0 Å². The Kier molecular flexibility index (Phi) is 5.99. The smallest absolute Gasteiger partial charge is 0.272 e. The molecule has 1 aromatic carbocycles. The highest BCUT2D eigenvalue weighted by atomic mass is 16.2. The van der Waals surface area contributed by atoms with Crippen LogP contribution < -0.4 is 9.80 Å². The van der Waals surface area contributed by atoms with E-state index >= 15 is 0 Å². The first kappa shape index (κ1) is 19.2. The van der Waals surface area contributed by atoms with Gasteiger partial charge in [0.2, 0.25) is 0 Å². The van der Waals surface area contributed by atoms with Crippen LogP contribution in [0.3, 0.4) is 0 Å². The summed E-state index contributed by atoms with van der Waals surface area (Å²) in [5.74, 6) is 0.0294. The van der Waals surface area contributed by atoms with E-state index in [-0.39, 0.29) is 5.91 Å². The molecule has 1 aromatic heterocycles. The molecule has 27 heavy (non-hydrogen) atoms. The molecule has 0 radical (unpaired) electrons. The van der Waals surface area contributed by atoms with E-state index in [1.807, 2.05) is 23.2 Å². The van der Waals surface area contributed by atoms with Gasteiger partial charge in [-0.25, -0.2) is 4.98 Å². The first-order chi connectivity index (χ1) is 13.0. The molecule has 0 saturated carbocycles. The molecule has 5 heteroatoms. The highest BCUT2D eigenvalue weighted by Gasteiger charge is 2.24. The van der Waals surface area contributed by atoms with Gasteiger partial charge in [0.15, 0.2) is 0 Å². The number of carbonyl (C=O) groups is 1. The quantitative estimate of drug-likeness (QED) is 0.812. The van der Waals surface area contributed by atoms with Crippen LogP contribution in [-0.4, -0.2) is 55.1 Å². The largest absolute Gasteiger partial charge is 0.371 e. The number of benzene rings is 1. The first-order valence-electron chi connectivity index (χ1n) is 9.86. The summed E-state index contributed by atoms with van der Waals surface area (Å²) in [6, 6.07) is 10.3. The van der Waals surface area contributed by atoms with Gasteiger partial charge in [-0.2, -0.15) is 0 Å². The Labute approximate surface area is 162 Å². The van der Waals surface area contributed by atoms with Crippen LogP contribution in [0.5, 0.6) is 0 Å². The van der Waals surface area contributed by atoms with E-state index in [9.17, 15) is 4.79 Å². The third-order valence-electron chi connectivity index (χ3n) is 5.58. The standard InChI is InChI=1S/C22H30N4O/c1-5-24(6-2)19-10-11-20(23-16-19)22(27)26-14-12-25(13-15-26)21-9-7-8-17(3)18(21)4/h7-11,16H,5-6,12-15H2,1-4H3. The number of aryl methyl sites for hydroxylation is 1. The molecule has 1 aliphatic heterocycles. The predicted octanol–water partition coefficient (Wildman–Crippen LogP) is 3.51. The molecule has 0 atom stereocenters. The lowest BCUT2D eigenvalue weighted by molar-refractivity contribution is 0.0741. The summed E-state index contributed by atoms with van der Waals surface area (Å²) >= 11 is 0. The summed E-state index contributed by atoms with van der Waals surface area (Å²) in [6.07, 6.45) is 1.81. The van der Waals surface area contributed by atoms with Gasteiger partial charge in [-0.15, -0.1) is 0 Å². The van der Waals surface area contributed by atoms with Gasteiger partial charge in [0.05, 0.1) is 11.9 Å². The summed E-state index contributed by atoms with van der Waals surface area (Å²) in [5, 5.41) is 0. The highest BCUT2D eigenvalue weighted by Crippen LogP contribution is 2.24. The molecule has 1 aliphatic rings. The lowest BCUT2D eigenvalue weighted by Gasteiger charge is -2.37. The molecule has 1 saturated heterocycles. The number of anilines is 2. The fourth-order valence-electron chi connectivity index (χ4n) is 3.68. The van der Waals surface area contributed by atoms with Gasteiger partial charge in [-0.1, -0.05) is 12.1 Å². The number of pyridine rings is 1. The van der Waals surface area contributed by atoms with Crippen LogP contribution in [0, 0.1) is 13.8 Å². The van der Waals surface area contributed by atoms with E-state index in [0.29, 0.717) is 5.69 Å². The average molecular weight is 367 g/mol. The second-order valence-corrected chi connectivity index (χ2v) is 7.07. The molecule has 144 valence electrons. The number of aromatic nitrogens is 1. The van der Waals surface area contributed by atoms with E-state index in [1.54, 1.807) is 0 Å². The molecule has 3 rings (SSSR count). The Bertz CT molecular complexity index is 775. The Hall–Kier alpha value is -2.56. The molecule has 2 aromatic rings. The van der Waals surface area contributed by atoms with Crippen molar-refractivity contribution in [2.75, 3.05) is 49.1 Å². The zero-order valence-corrected chi connectivity index (χ0v) is 16.9. The summed E-state index contributed by atoms with van der Waals surface area (Å²) < 4.78 is 0. The molecule has 5 nitrogen and oxygen atoms in total. The molecular weight excluding hydrogens is 336 g/mol. The lowest BCUT2D eigenvalue weighted by Crippen LogP contribution is -2.49. The van der Waals surface area contributed by atoms with E-state index in [4.69, 9.17) is 0 Å². The van der Waals surface area contributed by atoms with Crippen LogP contribution in [0.15, 0.2) is 36.5 Å². The Morgan fingerprint density at radius 1 is 1.04 bits per heavy atom. The molecule has 0 unspecified atom stereocenters. The molecule has 0 spiro atoms. The molecule has 1 fully saturated rings. The third-order valence-corrected chi connectivity index (χ3v) is 5.58. The van der Waals surface area contributed by atoms with Gasteiger partial charge in [-0.3, -0.25) is 4.79 Å². The highest BCUT2D eigenvalue weighted by molar-refractivity contribution is 5.92. The van der Waals surface area contributed by atoms with Crippen molar-refractivity contribution in [2.24, 2.45) is 0 Å². The third kappa shape index (κ3) is 4.07. The number of hydrogen-bond acceptors (Lipinski definition) is 4. The normalized spacial score (nSPS) is 14.4. The van der Waals surface area contributed by atoms with Gasteiger partial charge in [0, 0.05) is 45.0 Å². The Morgan fingerprint density at radius 3 is 2.33 bits per heavy atom. The number of rotatable bonds is 5. The van der Waals surface area contributed by atoms with Crippen molar-refractivity contribution in [3.05, 3.63) is 53.3 Å². The van der Waals surface area contributed by atoms with Gasteiger partial charge in [-0.05, 0) is 57.0 Å². The van der Waals surface area contributed by atoms with Crippen LogP contribution in [0.25, 0.3) is 0 Å². The second kappa shape index (κ2) is 8.42. The molecule has 1 amide bonds. The molecule has 0 N–H and O–H groups in total. The van der Waals surface area contributed by atoms with E-state index in [1.165, 1.54) is 16.8 Å². The Morgan fingerprint density at radius 2 is 1.74 bits per heavy atom. The van der Waals surface area contributed by atoms with E-state index < -0.39 is 0 Å². The predicted molar refractivity (Wildman–Crippen MR) is 112 cm³/mol. The summed E-state index contributed by atoms with van der Waals surface area (Å²) in [7, 11) is 0. The fraction of sp³-hybridized carbons (Fsp3) is 0.455. The molecular formula is C22H30N4O. The van der Waals surface area contributed by atoms with Crippen molar-refractivity contribution in [3.63, 3.8) is 0 Å². The minimum absolute atomic E-state index is 0.0294. The SMILES string of the molecule is CCN(CC)c1ccc(C(=O)N2CCN(c3cccc(C)c3C)CC2)nc1. The maximum absolute atomic E-state index is 12.8. The van der Waals surface area contributed by atoms with Crippen molar-refractivity contribution in [2.45, 2.75) is 27.7 Å². The number of amides is 1. The summed E-state index contributed by atoms with van der Waals surface area (Å²) in [5.41, 5.74) is 5.51. The van der Waals surface area contributed by atoms with Gasteiger partial charge in [0.25, 0.3) is 5.91 Å². The molecule has 0 bridgehead atoms. The minimum atomic E-state index is 0.0294. The second-order valence-electron chi connectivity index (χ2n) is 7.07. The van der Waals surface area contributed by atoms with Crippen LogP contribution in [-0.2, 0) is 0 Å². The zero-order chi connectivity index (χ0) is 19.4. The topological polar surface area (TPSA) is 39.7 Å². The van der Waals surface area contributed by atoms with Crippen molar-refractivity contribution < 1.29 is 4.79 Å². The fourth-order valence-corrected chi connectivity index (χ4v) is 3.68. The van der Waals surface area contributed by atoms with Crippen LogP contribution in [0.2, 0.25) is 0 Å². The lowest BCUT2D eigenvalue weighted by atomic mass is 10.1.